The minimum Gasteiger partial charge on any atom is -0.398 e. The molecule has 0 rings (SSSR count). The summed E-state index contributed by atoms with van der Waals surface area (Å²) in [6.45, 7) is 7.50. The monoisotopic (exact) mass is 162 g/mol. The molecule has 0 saturated heterocycles. The van der Waals surface area contributed by atoms with E-state index in [1.165, 1.54) is 0 Å². The quantitative estimate of drug-likeness (QED) is 0.510. The molecule has 0 aromatic heterocycles. The Morgan fingerprint density at radius 3 is 2.50 bits per heavy atom. The molecule has 0 radical (unpaired) electrons. The number of nitriles is 1. The first-order chi connectivity index (χ1) is 5.61. The normalized spacial score (nSPS) is 12.8. The SMILES string of the molecule is C=C/C=C(N)\C(C#N)=C/C(C)C. The van der Waals surface area contributed by atoms with Crippen molar-refractivity contribution in [3.05, 3.63) is 36.1 Å². The van der Waals surface area contributed by atoms with E-state index >= 15 is 0 Å². The van der Waals surface area contributed by atoms with Crippen molar-refractivity contribution in [1.29, 1.82) is 5.26 Å². The molecular formula is C10H14N2. The number of rotatable bonds is 3. The van der Waals surface area contributed by atoms with E-state index in [-0.39, 0.29) is 0 Å². The molecule has 0 fully saturated rings. The molecule has 0 aliphatic rings. The average molecular weight is 162 g/mol. The summed E-state index contributed by atoms with van der Waals surface area (Å²) >= 11 is 0. The minimum atomic E-state index is 0.330. The Labute approximate surface area is 73.7 Å². The van der Waals surface area contributed by atoms with Gasteiger partial charge in [0.05, 0.1) is 5.57 Å². The maximum atomic E-state index is 8.70. The van der Waals surface area contributed by atoms with Gasteiger partial charge in [-0.2, -0.15) is 5.26 Å². The summed E-state index contributed by atoms with van der Waals surface area (Å²) in [5.41, 5.74) is 6.58. The number of nitrogens with two attached hydrogens (primary N) is 1. The summed E-state index contributed by atoms with van der Waals surface area (Å²) in [6.07, 6.45) is 5.02. The molecule has 0 atom stereocenters. The second-order valence-corrected chi connectivity index (χ2v) is 2.79. The van der Waals surface area contributed by atoms with Crippen LogP contribution in [0.1, 0.15) is 13.8 Å². The predicted octanol–water partition coefficient (Wildman–Crippen LogP) is 2.12. The lowest BCUT2D eigenvalue weighted by Gasteiger charge is -1.99. The third kappa shape index (κ3) is 3.62. The van der Waals surface area contributed by atoms with Gasteiger partial charge in [0, 0.05) is 5.70 Å². The second kappa shape index (κ2) is 5.20. The first-order valence-corrected chi connectivity index (χ1v) is 3.82. The van der Waals surface area contributed by atoms with Crippen molar-refractivity contribution < 1.29 is 0 Å². The van der Waals surface area contributed by atoms with Crippen LogP contribution in [0.3, 0.4) is 0 Å². The highest BCUT2D eigenvalue weighted by Gasteiger charge is 1.98. The fraction of sp³-hybridized carbons (Fsp3) is 0.300. The van der Waals surface area contributed by atoms with Crippen LogP contribution in [0.15, 0.2) is 36.1 Å². The van der Waals surface area contributed by atoms with Crippen LogP contribution in [0.2, 0.25) is 0 Å². The van der Waals surface area contributed by atoms with Crippen LogP contribution in [-0.4, -0.2) is 0 Å². The van der Waals surface area contributed by atoms with E-state index in [1.807, 2.05) is 26.0 Å². The molecule has 64 valence electrons. The van der Waals surface area contributed by atoms with Crippen LogP contribution in [0.5, 0.6) is 0 Å². The van der Waals surface area contributed by atoms with Gasteiger partial charge in [-0.05, 0) is 12.0 Å². The third-order valence-electron chi connectivity index (χ3n) is 1.23. The highest BCUT2D eigenvalue weighted by molar-refractivity contribution is 5.41. The van der Waals surface area contributed by atoms with Crippen LogP contribution in [0, 0.1) is 17.2 Å². The summed E-state index contributed by atoms with van der Waals surface area (Å²) in [4.78, 5) is 0. The highest BCUT2D eigenvalue weighted by atomic mass is 14.6. The lowest BCUT2D eigenvalue weighted by atomic mass is 10.1. The van der Waals surface area contributed by atoms with Gasteiger partial charge in [-0.1, -0.05) is 32.6 Å². The number of hydrogen-bond acceptors (Lipinski definition) is 2. The first kappa shape index (κ1) is 10.5. The Morgan fingerprint density at radius 1 is 1.58 bits per heavy atom. The smallest absolute Gasteiger partial charge is 0.101 e. The van der Waals surface area contributed by atoms with Crippen LogP contribution in [0.25, 0.3) is 0 Å². The molecule has 0 amide bonds. The van der Waals surface area contributed by atoms with E-state index in [9.17, 15) is 0 Å². The molecule has 0 unspecified atom stereocenters. The van der Waals surface area contributed by atoms with Gasteiger partial charge in [0.25, 0.3) is 0 Å². The highest BCUT2D eigenvalue weighted by Crippen LogP contribution is 2.07. The molecule has 0 bridgehead atoms. The van der Waals surface area contributed by atoms with Crippen molar-refractivity contribution in [3.8, 4) is 6.07 Å². The zero-order valence-corrected chi connectivity index (χ0v) is 7.54. The van der Waals surface area contributed by atoms with Crippen LogP contribution < -0.4 is 5.73 Å². The fourth-order valence-electron chi connectivity index (χ4n) is 0.748. The molecule has 2 nitrogen and oxygen atoms in total. The number of hydrogen-bond donors (Lipinski definition) is 1. The molecule has 0 saturated carbocycles. The molecule has 0 spiro atoms. The van der Waals surface area contributed by atoms with Crippen molar-refractivity contribution in [2.75, 3.05) is 0 Å². The molecule has 2 N–H and O–H groups in total. The zero-order valence-electron chi connectivity index (χ0n) is 7.54. The molecule has 2 heteroatoms. The van der Waals surface area contributed by atoms with Gasteiger partial charge in [-0.15, -0.1) is 0 Å². The van der Waals surface area contributed by atoms with Gasteiger partial charge in [0.15, 0.2) is 0 Å². The molecule has 0 aromatic carbocycles. The predicted molar refractivity (Wildman–Crippen MR) is 51.0 cm³/mol. The molecule has 0 aliphatic carbocycles. The van der Waals surface area contributed by atoms with Crippen molar-refractivity contribution in [3.63, 3.8) is 0 Å². The first-order valence-electron chi connectivity index (χ1n) is 3.82. The van der Waals surface area contributed by atoms with Gasteiger partial charge in [0.2, 0.25) is 0 Å². The number of nitrogens with zero attached hydrogens (tertiary/aromatic N) is 1. The van der Waals surface area contributed by atoms with Crippen molar-refractivity contribution in [2.24, 2.45) is 11.7 Å². The van der Waals surface area contributed by atoms with Crippen LogP contribution >= 0.6 is 0 Å². The maximum absolute atomic E-state index is 8.70. The summed E-state index contributed by atoms with van der Waals surface area (Å²) < 4.78 is 0. The van der Waals surface area contributed by atoms with Gasteiger partial charge >= 0.3 is 0 Å². The van der Waals surface area contributed by atoms with E-state index in [1.54, 1.807) is 12.2 Å². The van der Waals surface area contributed by atoms with Crippen molar-refractivity contribution in [2.45, 2.75) is 13.8 Å². The van der Waals surface area contributed by atoms with E-state index in [0.717, 1.165) is 0 Å². The molecule has 0 aliphatic heterocycles. The Bertz CT molecular complexity index is 252. The minimum absolute atomic E-state index is 0.330. The van der Waals surface area contributed by atoms with Crippen LogP contribution in [-0.2, 0) is 0 Å². The van der Waals surface area contributed by atoms with Crippen molar-refractivity contribution in [1.82, 2.24) is 0 Å². The summed E-state index contributed by atoms with van der Waals surface area (Å²) in [5, 5.41) is 8.70. The molecule has 12 heavy (non-hydrogen) atoms. The van der Waals surface area contributed by atoms with Gasteiger partial charge < -0.3 is 5.73 Å². The molecule has 0 heterocycles. The largest absolute Gasteiger partial charge is 0.398 e. The summed E-state index contributed by atoms with van der Waals surface area (Å²) in [6, 6.07) is 2.04. The van der Waals surface area contributed by atoms with Gasteiger partial charge in [-0.3, -0.25) is 0 Å². The molecular weight excluding hydrogens is 148 g/mol. The van der Waals surface area contributed by atoms with E-state index in [2.05, 4.69) is 6.58 Å². The zero-order chi connectivity index (χ0) is 9.56. The Hall–Kier alpha value is -1.49. The topological polar surface area (TPSA) is 49.8 Å². The maximum Gasteiger partial charge on any atom is 0.101 e. The van der Waals surface area contributed by atoms with E-state index in [4.69, 9.17) is 11.0 Å². The summed E-state index contributed by atoms with van der Waals surface area (Å²) in [7, 11) is 0. The lowest BCUT2D eigenvalue weighted by Crippen LogP contribution is -2.00. The second-order valence-electron chi connectivity index (χ2n) is 2.79. The fourth-order valence-corrected chi connectivity index (χ4v) is 0.748. The standard InChI is InChI=1S/C10H14N2/c1-4-5-10(12)9(7-11)6-8(2)3/h4-6,8H,1,12H2,2-3H3/b9-6-,10-5+. The van der Waals surface area contributed by atoms with E-state index in [0.29, 0.717) is 17.2 Å². The van der Waals surface area contributed by atoms with Crippen molar-refractivity contribution >= 4 is 0 Å². The Balaban J connectivity index is 4.70. The average Bonchev–Trinajstić information content (AvgIpc) is 2.00. The third-order valence-corrected chi connectivity index (χ3v) is 1.23. The van der Waals surface area contributed by atoms with E-state index < -0.39 is 0 Å². The van der Waals surface area contributed by atoms with Gasteiger partial charge in [-0.25, -0.2) is 0 Å². The Morgan fingerprint density at radius 2 is 2.17 bits per heavy atom. The van der Waals surface area contributed by atoms with Crippen LogP contribution in [0.4, 0.5) is 0 Å². The lowest BCUT2D eigenvalue weighted by molar-refractivity contribution is 0.826. The Kier molecular flexibility index (Phi) is 4.55. The number of allylic oxidation sites excluding steroid dienone is 4. The van der Waals surface area contributed by atoms with Gasteiger partial charge in [0.1, 0.15) is 6.07 Å². The molecule has 0 aromatic rings. The summed E-state index contributed by atoms with van der Waals surface area (Å²) in [5.74, 6) is 0.330.